The van der Waals surface area contributed by atoms with Gasteiger partial charge in [0.05, 0.1) is 0 Å². The van der Waals surface area contributed by atoms with Gasteiger partial charge in [0.25, 0.3) is 10.0 Å². The number of hydrogen-bond acceptors (Lipinski definition) is 2. The van der Waals surface area contributed by atoms with Crippen LogP contribution < -0.4 is 4.72 Å². The van der Waals surface area contributed by atoms with E-state index in [1.54, 1.807) is 36.4 Å². The lowest BCUT2D eigenvalue weighted by Crippen LogP contribution is -2.13. The van der Waals surface area contributed by atoms with Crippen LogP contribution in [0.5, 0.6) is 0 Å². The maximum atomic E-state index is 12.4. The third-order valence-electron chi connectivity index (χ3n) is 2.81. The molecule has 0 spiro atoms. The van der Waals surface area contributed by atoms with Gasteiger partial charge in [-0.25, -0.2) is 8.42 Å². The van der Waals surface area contributed by atoms with Crippen molar-refractivity contribution in [1.29, 1.82) is 0 Å². The number of hydrogen-bond donors (Lipinski definition) is 1. The van der Waals surface area contributed by atoms with Crippen LogP contribution in [0, 0.1) is 13.8 Å². The van der Waals surface area contributed by atoms with Gasteiger partial charge in [-0.05, 0) is 65.2 Å². The van der Waals surface area contributed by atoms with Crippen LogP contribution in [0.3, 0.4) is 0 Å². The number of rotatable bonds is 3. The first-order valence-corrected chi connectivity index (χ1v) is 8.92. The summed E-state index contributed by atoms with van der Waals surface area (Å²) >= 11 is 6.72. The molecule has 0 aromatic heterocycles. The van der Waals surface area contributed by atoms with Gasteiger partial charge >= 0.3 is 0 Å². The van der Waals surface area contributed by atoms with Crippen molar-refractivity contribution in [3.05, 3.63) is 56.5 Å². The van der Waals surface area contributed by atoms with Crippen LogP contribution in [0.4, 0.5) is 5.69 Å². The van der Waals surface area contributed by atoms with Crippen LogP contribution >= 0.6 is 31.9 Å². The molecule has 0 radical (unpaired) electrons. The van der Waals surface area contributed by atoms with E-state index in [0.29, 0.717) is 10.2 Å². The van der Waals surface area contributed by atoms with Crippen molar-refractivity contribution < 1.29 is 8.42 Å². The van der Waals surface area contributed by atoms with E-state index >= 15 is 0 Å². The lowest BCUT2D eigenvalue weighted by Gasteiger charge is -2.12. The second-order valence-corrected chi connectivity index (χ2v) is 7.76. The number of aryl methyl sites for hydroxylation is 2. The third kappa shape index (κ3) is 3.24. The molecule has 1 N–H and O–H groups in total. The van der Waals surface area contributed by atoms with E-state index in [-0.39, 0.29) is 4.90 Å². The van der Waals surface area contributed by atoms with Gasteiger partial charge in [-0.15, -0.1) is 0 Å². The summed E-state index contributed by atoms with van der Waals surface area (Å²) in [6, 6.07) is 10.3. The van der Waals surface area contributed by atoms with Crippen LogP contribution in [-0.4, -0.2) is 8.42 Å². The molecule has 2 aromatic carbocycles. The minimum atomic E-state index is -3.60. The largest absolute Gasteiger partial charge is 0.280 e. The number of anilines is 1. The monoisotopic (exact) mass is 417 g/mol. The summed E-state index contributed by atoms with van der Waals surface area (Å²) in [4.78, 5) is 0.221. The predicted octanol–water partition coefficient (Wildman–Crippen LogP) is 4.63. The van der Waals surface area contributed by atoms with Crippen molar-refractivity contribution in [2.45, 2.75) is 18.7 Å². The molecular weight excluding hydrogens is 406 g/mol. The highest BCUT2D eigenvalue weighted by Crippen LogP contribution is 2.28. The normalized spacial score (nSPS) is 11.4. The summed E-state index contributed by atoms with van der Waals surface area (Å²) in [6.07, 6.45) is 0. The molecule has 0 fully saturated rings. The van der Waals surface area contributed by atoms with Gasteiger partial charge < -0.3 is 0 Å². The average Bonchev–Trinajstić information content (AvgIpc) is 2.35. The van der Waals surface area contributed by atoms with Crippen LogP contribution in [0.25, 0.3) is 0 Å². The molecule has 106 valence electrons. The molecule has 0 bridgehead atoms. The zero-order chi connectivity index (χ0) is 14.9. The Hall–Kier alpha value is -0.850. The van der Waals surface area contributed by atoms with Gasteiger partial charge in [-0.1, -0.05) is 28.1 Å². The Kier molecular flexibility index (Phi) is 4.56. The summed E-state index contributed by atoms with van der Waals surface area (Å²) in [5.41, 5.74) is 2.52. The Bertz CT molecular complexity index is 735. The second-order valence-electron chi connectivity index (χ2n) is 4.46. The van der Waals surface area contributed by atoms with E-state index in [9.17, 15) is 8.42 Å². The fourth-order valence-electron chi connectivity index (χ4n) is 1.88. The van der Waals surface area contributed by atoms with E-state index in [0.717, 1.165) is 15.6 Å². The molecule has 2 aromatic rings. The van der Waals surface area contributed by atoms with E-state index < -0.39 is 10.0 Å². The summed E-state index contributed by atoms with van der Waals surface area (Å²) < 4.78 is 28.9. The maximum absolute atomic E-state index is 12.4. The summed E-state index contributed by atoms with van der Waals surface area (Å²) in [5.74, 6) is 0. The fourth-order valence-corrected chi connectivity index (χ4v) is 4.15. The average molecular weight is 419 g/mol. The molecule has 0 atom stereocenters. The Balaban J connectivity index is 2.42. The zero-order valence-electron chi connectivity index (χ0n) is 10.9. The number of sulfonamides is 1. The van der Waals surface area contributed by atoms with Crippen LogP contribution in [0.1, 0.15) is 11.1 Å². The van der Waals surface area contributed by atoms with Crippen molar-refractivity contribution in [2.24, 2.45) is 0 Å². The molecule has 6 heteroatoms. The molecule has 0 unspecified atom stereocenters. The summed E-state index contributed by atoms with van der Waals surface area (Å²) in [5, 5.41) is 0. The second kappa shape index (κ2) is 5.87. The van der Waals surface area contributed by atoms with Crippen LogP contribution in [0.15, 0.2) is 50.2 Å². The van der Waals surface area contributed by atoms with Crippen LogP contribution in [-0.2, 0) is 10.0 Å². The van der Waals surface area contributed by atoms with E-state index in [4.69, 9.17) is 0 Å². The van der Waals surface area contributed by atoms with Crippen molar-refractivity contribution in [2.75, 3.05) is 4.72 Å². The lowest BCUT2D eigenvalue weighted by atomic mass is 10.1. The minimum absolute atomic E-state index is 0.221. The van der Waals surface area contributed by atoms with Gasteiger partial charge in [0.15, 0.2) is 0 Å². The van der Waals surface area contributed by atoms with Crippen molar-refractivity contribution >= 4 is 47.6 Å². The van der Waals surface area contributed by atoms with Crippen molar-refractivity contribution in [3.8, 4) is 0 Å². The van der Waals surface area contributed by atoms with Crippen molar-refractivity contribution in [3.63, 3.8) is 0 Å². The fraction of sp³-hybridized carbons (Fsp3) is 0.143. The Labute approximate surface area is 135 Å². The van der Waals surface area contributed by atoms with Gasteiger partial charge in [-0.2, -0.15) is 0 Å². The smallest absolute Gasteiger partial charge is 0.263 e. The highest BCUT2D eigenvalue weighted by Gasteiger charge is 2.17. The maximum Gasteiger partial charge on any atom is 0.263 e. The van der Waals surface area contributed by atoms with E-state index in [1.807, 2.05) is 13.8 Å². The molecule has 3 nitrogen and oxygen atoms in total. The van der Waals surface area contributed by atoms with Crippen molar-refractivity contribution in [1.82, 2.24) is 0 Å². The third-order valence-corrected chi connectivity index (χ3v) is 6.46. The molecule has 20 heavy (non-hydrogen) atoms. The lowest BCUT2D eigenvalue weighted by molar-refractivity contribution is 0.601. The highest BCUT2D eigenvalue weighted by atomic mass is 79.9. The molecule has 0 heterocycles. The Morgan fingerprint density at radius 3 is 2.10 bits per heavy atom. The molecule has 0 saturated carbocycles. The van der Waals surface area contributed by atoms with E-state index in [1.165, 1.54) is 0 Å². The number of halogens is 2. The van der Waals surface area contributed by atoms with Gasteiger partial charge in [0.1, 0.15) is 4.90 Å². The molecule has 0 aliphatic rings. The highest BCUT2D eigenvalue weighted by molar-refractivity contribution is 9.10. The molecule has 0 aliphatic heterocycles. The molecule has 0 saturated heterocycles. The Morgan fingerprint density at radius 1 is 1.00 bits per heavy atom. The molecular formula is C14H13Br2NO2S. The van der Waals surface area contributed by atoms with E-state index in [2.05, 4.69) is 36.6 Å². The van der Waals surface area contributed by atoms with Gasteiger partial charge in [0, 0.05) is 14.6 Å². The molecule has 2 rings (SSSR count). The first-order valence-electron chi connectivity index (χ1n) is 5.85. The summed E-state index contributed by atoms with van der Waals surface area (Å²) in [6.45, 7) is 3.85. The first-order chi connectivity index (χ1) is 9.31. The predicted molar refractivity (Wildman–Crippen MR) is 88.6 cm³/mol. The SMILES string of the molecule is Cc1cc(NS(=O)(=O)c2ccccc2Br)cc(C)c1Br. The molecule has 0 amide bonds. The van der Waals surface area contributed by atoms with Gasteiger partial charge in [0.2, 0.25) is 0 Å². The number of benzene rings is 2. The first kappa shape index (κ1) is 15.5. The summed E-state index contributed by atoms with van der Waals surface area (Å²) in [7, 11) is -3.60. The standard InChI is InChI=1S/C14H13Br2NO2S/c1-9-7-11(8-10(2)14(9)16)17-20(18,19)13-6-4-3-5-12(13)15/h3-8,17H,1-2H3. The van der Waals surface area contributed by atoms with Gasteiger partial charge in [-0.3, -0.25) is 4.72 Å². The minimum Gasteiger partial charge on any atom is -0.280 e. The number of nitrogens with one attached hydrogen (secondary N) is 1. The topological polar surface area (TPSA) is 46.2 Å². The Morgan fingerprint density at radius 2 is 1.55 bits per heavy atom. The van der Waals surface area contributed by atoms with Crippen LogP contribution in [0.2, 0.25) is 0 Å². The zero-order valence-corrected chi connectivity index (χ0v) is 14.9. The molecule has 0 aliphatic carbocycles. The quantitative estimate of drug-likeness (QED) is 0.789.